The van der Waals surface area contributed by atoms with Gasteiger partial charge in [0, 0.05) is 5.41 Å². The molecule has 2 heterocycles. The van der Waals surface area contributed by atoms with Gasteiger partial charge >= 0.3 is 0 Å². The summed E-state index contributed by atoms with van der Waals surface area (Å²) >= 11 is 0. The summed E-state index contributed by atoms with van der Waals surface area (Å²) in [7, 11) is 0. The fraction of sp³-hybridized carbons (Fsp3) is 0.900. The van der Waals surface area contributed by atoms with E-state index in [2.05, 4.69) is 0 Å². The second kappa shape index (κ2) is 1.92. The number of hydrogen-bond donors (Lipinski definition) is 0. The SMILES string of the molecule is O=CC1(CC23CC(CO2)C3)CC1. The van der Waals surface area contributed by atoms with E-state index >= 15 is 0 Å². The van der Waals surface area contributed by atoms with E-state index in [0.29, 0.717) is 0 Å². The molecule has 2 saturated heterocycles. The van der Waals surface area contributed by atoms with E-state index in [1.165, 1.54) is 12.8 Å². The van der Waals surface area contributed by atoms with Gasteiger partial charge in [0.15, 0.2) is 0 Å². The predicted octanol–water partition coefficient (Wildman–Crippen LogP) is 1.53. The zero-order chi connectivity index (χ0) is 8.23. The van der Waals surface area contributed by atoms with Gasteiger partial charge in [-0.2, -0.15) is 0 Å². The number of carbonyl (C=O) groups excluding carboxylic acids is 1. The summed E-state index contributed by atoms with van der Waals surface area (Å²) in [6.45, 7) is 0.953. The van der Waals surface area contributed by atoms with Crippen LogP contribution >= 0.6 is 0 Å². The first kappa shape index (κ1) is 7.07. The van der Waals surface area contributed by atoms with Gasteiger partial charge in [-0.3, -0.25) is 0 Å². The summed E-state index contributed by atoms with van der Waals surface area (Å²) in [4.78, 5) is 10.8. The van der Waals surface area contributed by atoms with E-state index in [-0.39, 0.29) is 11.0 Å². The largest absolute Gasteiger partial charge is 0.375 e. The van der Waals surface area contributed by atoms with Crippen LogP contribution in [0.4, 0.5) is 0 Å². The van der Waals surface area contributed by atoms with Crippen molar-refractivity contribution in [3.63, 3.8) is 0 Å². The van der Waals surface area contributed by atoms with Crippen molar-refractivity contribution in [2.24, 2.45) is 11.3 Å². The third-order valence-electron chi connectivity index (χ3n) is 3.76. The highest BCUT2D eigenvalue weighted by atomic mass is 16.5. The van der Waals surface area contributed by atoms with Crippen molar-refractivity contribution in [2.45, 2.75) is 37.7 Å². The van der Waals surface area contributed by atoms with E-state index in [1.54, 1.807) is 0 Å². The number of carbonyl (C=O) groups is 1. The third-order valence-corrected chi connectivity index (χ3v) is 3.76. The lowest BCUT2D eigenvalue weighted by atomic mass is 9.70. The van der Waals surface area contributed by atoms with Crippen LogP contribution in [0.3, 0.4) is 0 Å². The van der Waals surface area contributed by atoms with Crippen molar-refractivity contribution in [2.75, 3.05) is 6.61 Å². The molecule has 0 spiro atoms. The van der Waals surface area contributed by atoms with Crippen molar-refractivity contribution in [1.29, 1.82) is 0 Å². The molecule has 66 valence electrons. The molecule has 0 atom stereocenters. The van der Waals surface area contributed by atoms with Gasteiger partial charge in [-0.15, -0.1) is 0 Å². The van der Waals surface area contributed by atoms with Gasteiger partial charge in [0.1, 0.15) is 6.29 Å². The first-order valence-electron chi connectivity index (χ1n) is 4.86. The third kappa shape index (κ3) is 0.817. The Bertz CT molecular complexity index is 218. The van der Waals surface area contributed by atoms with Crippen molar-refractivity contribution >= 4 is 6.29 Å². The predicted molar refractivity (Wildman–Crippen MR) is 43.8 cm³/mol. The molecule has 4 aliphatic rings. The van der Waals surface area contributed by atoms with E-state index in [0.717, 1.165) is 38.1 Å². The van der Waals surface area contributed by atoms with Crippen LogP contribution in [0.25, 0.3) is 0 Å². The van der Waals surface area contributed by atoms with Gasteiger partial charge in [-0.05, 0) is 38.0 Å². The molecule has 4 rings (SSSR count). The molecule has 4 fully saturated rings. The van der Waals surface area contributed by atoms with Crippen LogP contribution in [-0.2, 0) is 9.53 Å². The molecule has 2 aliphatic carbocycles. The Labute approximate surface area is 72.3 Å². The van der Waals surface area contributed by atoms with Crippen LogP contribution in [0, 0.1) is 11.3 Å². The van der Waals surface area contributed by atoms with E-state index in [1.807, 2.05) is 0 Å². The van der Waals surface area contributed by atoms with Crippen molar-refractivity contribution in [3.8, 4) is 0 Å². The molecule has 2 aliphatic heterocycles. The molecule has 0 N–H and O–H groups in total. The highest BCUT2D eigenvalue weighted by Gasteiger charge is 2.58. The summed E-state index contributed by atoms with van der Waals surface area (Å²) in [5.41, 5.74) is 0.206. The summed E-state index contributed by atoms with van der Waals surface area (Å²) in [5.74, 6) is 0.826. The van der Waals surface area contributed by atoms with Gasteiger partial charge in [0.05, 0.1) is 12.2 Å². The van der Waals surface area contributed by atoms with Gasteiger partial charge in [-0.1, -0.05) is 0 Å². The maximum Gasteiger partial charge on any atom is 0.126 e. The monoisotopic (exact) mass is 166 g/mol. The van der Waals surface area contributed by atoms with Crippen LogP contribution < -0.4 is 0 Å². The minimum atomic E-state index is 0.0509. The van der Waals surface area contributed by atoms with E-state index in [4.69, 9.17) is 4.74 Å². The molecular formula is C10H14O2. The minimum Gasteiger partial charge on any atom is -0.375 e. The summed E-state index contributed by atoms with van der Waals surface area (Å²) in [5, 5.41) is 0. The van der Waals surface area contributed by atoms with Crippen molar-refractivity contribution in [3.05, 3.63) is 0 Å². The van der Waals surface area contributed by atoms with Crippen LogP contribution in [0.5, 0.6) is 0 Å². The first-order chi connectivity index (χ1) is 5.76. The summed E-state index contributed by atoms with van der Waals surface area (Å²) < 4.78 is 5.73. The average Bonchev–Trinajstić information content (AvgIpc) is 2.49. The van der Waals surface area contributed by atoms with E-state index in [9.17, 15) is 4.79 Å². The maximum atomic E-state index is 10.8. The first-order valence-corrected chi connectivity index (χ1v) is 4.86. The van der Waals surface area contributed by atoms with Crippen LogP contribution in [0.1, 0.15) is 32.1 Å². The minimum absolute atomic E-state index is 0.0509. The lowest BCUT2D eigenvalue weighted by molar-refractivity contribution is -0.115. The maximum absolute atomic E-state index is 10.8. The highest BCUT2D eigenvalue weighted by Crippen LogP contribution is 2.59. The molecule has 2 heteroatoms. The number of aldehydes is 1. The Hall–Kier alpha value is -0.370. The Morgan fingerprint density at radius 1 is 1.42 bits per heavy atom. The quantitative estimate of drug-likeness (QED) is 0.594. The van der Waals surface area contributed by atoms with Gasteiger partial charge in [-0.25, -0.2) is 0 Å². The Balaban J connectivity index is 1.71. The molecule has 0 amide bonds. The molecule has 0 aromatic carbocycles. The Kier molecular flexibility index (Phi) is 1.13. The topological polar surface area (TPSA) is 26.3 Å². The fourth-order valence-corrected chi connectivity index (χ4v) is 2.86. The van der Waals surface area contributed by atoms with Crippen molar-refractivity contribution in [1.82, 2.24) is 0 Å². The molecular weight excluding hydrogens is 152 g/mol. The van der Waals surface area contributed by atoms with Crippen LogP contribution in [0.15, 0.2) is 0 Å². The number of hydrogen-bond acceptors (Lipinski definition) is 2. The average molecular weight is 166 g/mol. The van der Waals surface area contributed by atoms with Crippen LogP contribution in [-0.4, -0.2) is 18.5 Å². The second-order valence-corrected chi connectivity index (χ2v) is 4.93. The molecule has 0 radical (unpaired) electrons. The Morgan fingerprint density at radius 2 is 2.17 bits per heavy atom. The smallest absolute Gasteiger partial charge is 0.126 e. The fourth-order valence-electron chi connectivity index (χ4n) is 2.86. The van der Waals surface area contributed by atoms with Crippen molar-refractivity contribution < 1.29 is 9.53 Å². The normalized spacial score (nSPS) is 46.8. The molecule has 12 heavy (non-hydrogen) atoms. The summed E-state index contributed by atoms with van der Waals surface area (Å²) in [6.07, 6.45) is 6.83. The zero-order valence-corrected chi connectivity index (χ0v) is 7.21. The summed E-state index contributed by atoms with van der Waals surface area (Å²) in [6, 6.07) is 0. The molecule has 2 saturated carbocycles. The zero-order valence-electron chi connectivity index (χ0n) is 7.21. The number of fused-ring (bicyclic) bond motifs is 1. The lowest BCUT2D eigenvalue weighted by Gasteiger charge is -2.37. The number of rotatable bonds is 3. The highest BCUT2D eigenvalue weighted by molar-refractivity contribution is 5.63. The molecule has 2 bridgehead atoms. The Morgan fingerprint density at radius 3 is 2.58 bits per heavy atom. The van der Waals surface area contributed by atoms with Gasteiger partial charge < -0.3 is 9.53 Å². The molecule has 2 nitrogen and oxygen atoms in total. The second-order valence-electron chi connectivity index (χ2n) is 4.93. The molecule has 0 aromatic heterocycles. The molecule has 0 aromatic rings. The molecule has 0 unspecified atom stereocenters. The standard InChI is InChI=1S/C10H14O2/c11-7-9(1-2-9)6-10-3-8(4-10)5-12-10/h7-8H,1-6H2. The van der Waals surface area contributed by atoms with Crippen LogP contribution in [0.2, 0.25) is 0 Å². The van der Waals surface area contributed by atoms with Gasteiger partial charge in [0.25, 0.3) is 0 Å². The van der Waals surface area contributed by atoms with Gasteiger partial charge in [0.2, 0.25) is 0 Å². The van der Waals surface area contributed by atoms with E-state index < -0.39 is 0 Å². The number of ether oxygens (including phenoxy) is 1. The lowest BCUT2D eigenvalue weighted by Crippen LogP contribution is -2.39.